The van der Waals surface area contributed by atoms with Crippen molar-refractivity contribution >= 4 is 5.97 Å². The highest BCUT2D eigenvalue weighted by atomic mass is 19.4. The number of carbonyl (C=O) groups excluding carboxylic acids is 1. The smallest absolute Gasteiger partial charge is 0.416 e. The lowest BCUT2D eigenvalue weighted by atomic mass is 10.1. The molecule has 2 aromatic carbocycles. The van der Waals surface area contributed by atoms with Crippen LogP contribution in [-0.2, 0) is 33.6 Å². The normalized spacial score (nSPS) is 11.2. The molecule has 0 aliphatic rings. The van der Waals surface area contributed by atoms with E-state index in [1.807, 2.05) is 24.3 Å². The van der Waals surface area contributed by atoms with E-state index in [2.05, 4.69) is 18.8 Å². The Morgan fingerprint density at radius 2 is 1.53 bits per heavy atom. The van der Waals surface area contributed by atoms with Gasteiger partial charge in [-0.25, -0.2) is 4.79 Å². The molecule has 184 valence electrons. The summed E-state index contributed by atoms with van der Waals surface area (Å²) in [6.07, 6.45) is 1.23. The van der Waals surface area contributed by atoms with Gasteiger partial charge < -0.3 is 4.74 Å². The summed E-state index contributed by atoms with van der Waals surface area (Å²) < 4.78 is 43.4. The Hall–Kier alpha value is -2.82. The molecule has 0 aromatic heterocycles. The van der Waals surface area contributed by atoms with Gasteiger partial charge in [0.2, 0.25) is 0 Å². The second kappa shape index (κ2) is 14.4. The van der Waals surface area contributed by atoms with E-state index in [0.29, 0.717) is 12.1 Å². The zero-order chi connectivity index (χ0) is 24.8. The summed E-state index contributed by atoms with van der Waals surface area (Å²) in [4.78, 5) is 17.3. The maximum atomic E-state index is 12.8. The first-order valence-electron chi connectivity index (χ1n) is 11.6. The molecule has 0 saturated carbocycles. The minimum Gasteiger partial charge on any atom is -0.464 e. The first kappa shape index (κ1) is 27.4. The molecule has 7 heteroatoms. The number of unbranched alkanes of at least 4 members (excludes halogenated alkanes) is 4. The number of hydrogen-bond acceptors (Lipinski definition) is 4. The van der Waals surface area contributed by atoms with Crippen LogP contribution in [0, 0.1) is 11.8 Å². The van der Waals surface area contributed by atoms with Crippen LogP contribution >= 0.6 is 0 Å². The predicted octanol–water partition coefficient (Wildman–Crippen LogP) is 6.52. The van der Waals surface area contributed by atoms with E-state index < -0.39 is 17.7 Å². The predicted molar refractivity (Wildman–Crippen MR) is 125 cm³/mol. The lowest BCUT2D eigenvalue weighted by molar-refractivity contribution is -0.193. The zero-order valence-electron chi connectivity index (χ0n) is 19.8. The maximum absolute atomic E-state index is 12.8. The van der Waals surface area contributed by atoms with Gasteiger partial charge in [-0.2, -0.15) is 18.2 Å². The molecule has 2 aromatic rings. The SMILES string of the molecule is CCCCCCC#Cc1ccc(CN(Cc2ccc(C(F)(F)F)cc2)OCC(=O)OCC)cc1. The molecule has 0 spiro atoms. The number of carbonyl (C=O) groups is 1. The molecule has 34 heavy (non-hydrogen) atoms. The van der Waals surface area contributed by atoms with E-state index in [4.69, 9.17) is 9.57 Å². The van der Waals surface area contributed by atoms with Crippen LogP contribution in [0.15, 0.2) is 48.5 Å². The van der Waals surface area contributed by atoms with Crippen LogP contribution in [0.4, 0.5) is 13.2 Å². The van der Waals surface area contributed by atoms with Crippen LogP contribution in [0.1, 0.15) is 68.2 Å². The number of benzene rings is 2. The van der Waals surface area contributed by atoms with Gasteiger partial charge in [0.1, 0.15) is 0 Å². The van der Waals surface area contributed by atoms with Crippen molar-refractivity contribution in [2.75, 3.05) is 13.2 Å². The van der Waals surface area contributed by atoms with Crippen LogP contribution in [0.3, 0.4) is 0 Å². The molecule has 0 aliphatic carbocycles. The molecular formula is C27H32F3NO3. The number of hydroxylamine groups is 2. The number of esters is 1. The Balaban J connectivity index is 2.01. The van der Waals surface area contributed by atoms with Crippen molar-refractivity contribution in [3.8, 4) is 11.8 Å². The fourth-order valence-corrected chi connectivity index (χ4v) is 3.20. The highest BCUT2D eigenvalue weighted by molar-refractivity contribution is 5.70. The summed E-state index contributed by atoms with van der Waals surface area (Å²) in [6.45, 7) is 4.38. The molecule has 0 saturated heterocycles. The van der Waals surface area contributed by atoms with Gasteiger partial charge in [-0.1, -0.05) is 62.3 Å². The minimum atomic E-state index is -4.39. The van der Waals surface area contributed by atoms with E-state index in [9.17, 15) is 18.0 Å². The first-order valence-corrected chi connectivity index (χ1v) is 11.6. The molecule has 0 heterocycles. The van der Waals surface area contributed by atoms with Crippen molar-refractivity contribution in [1.82, 2.24) is 5.06 Å². The van der Waals surface area contributed by atoms with Gasteiger partial charge in [-0.15, -0.1) is 0 Å². The lowest BCUT2D eigenvalue weighted by Gasteiger charge is -2.22. The summed E-state index contributed by atoms with van der Waals surface area (Å²) in [7, 11) is 0. The largest absolute Gasteiger partial charge is 0.464 e. The molecule has 0 unspecified atom stereocenters. The summed E-state index contributed by atoms with van der Waals surface area (Å²) >= 11 is 0. The van der Waals surface area contributed by atoms with Crippen molar-refractivity contribution in [1.29, 1.82) is 0 Å². The van der Waals surface area contributed by atoms with Gasteiger partial charge in [0.25, 0.3) is 0 Å². The Morgan fingerprint density at radius 1 is 0.912 bits per heavy atom. The molecule has 0 bridgehead atoms. The summed E-state index contributed by atoms with van der Waals surface area (Å²) in [5.41, 5.74) is 1.75. The zero-order valence-corrected chi connectivity index (χ0v) is 19.8. The average Bonchev–Trinajstić information content (AvgIpc) is 2.81. The van der Waals surface area contributed by atoms with Crippen LogP contribution in [0.25, 0.3) is 0 Å². The Bertz CT molecular complexity index is 929. The molecule has 0 aliphatic heterocycles. The summed E-state index contributed by atoms with van der Waals surface area (Å²) in [5.74, 6) is 5.85. The molecule has 0 amide bonds. The molecule has 2 rings (SSSR count). The van der Waals surface area contributed by atoms with Crippen molar-refractivity contribution in [2.45, 2.75) is 65.2 Å². The number of ether oxygens (including phenoxy) is 1. The third-order valence-electron chi connectivity index (χ3n) is 5.01. The summed E-state index contributed by atoms with van der Waals surface area (Å²) in [6, 6.07) is 12.6. The number of alkyl halides is 3. The Morgan fingerprint density at radius 3 is 2.09 bits per heavy atom. The molecule has 0 atom stereocenters. The topological polar surface area (TPSA) is 38.8 Å². The third kappa shape index (κ3) is 10.4. The van der Waals surface area contributed by atoms with E-state index in [-0.39, 0.29) is 19.8 Å². The second-order valence-electron chi connectivity index (χ2n) is 7.88. The monoisotopic (exact) mass is 475 g/mol. The Labute approximate surface area is 200 Å². The second-order valence-corrected chi connectivity index (χ2v) is 7.88. The lowest BCUT2D eigenvalue weighted by Crippen LogP contribution is -2.27. The fourth-order valence-electron chi connectivity index (χ4n) is 3.20. The first-order chi connectivity index (χ1) is 16.3. The highest BCUT2D eigenvalue weighted by Crippen LogP contribution is 2.29. The molecule has 0 fully saturated rings. The summed E-state index contributed by atoms with van der Waals surface area (Å²) in [5, 5.41) is 1.54. The quantitative estimate of drug-likeness (QED) is 0.152. The van der Waals surface area contributed by atoms with Gasteiger partial charge in [-0.3, -0.25) is 4.84 Å². The van der Waals surface area contributed by atoms with Gasteiger partial charge in [0, 0.05) is 25.1 Å². The van der Waals surface area contributed by atoms with Gasteiger partial charge in [0.05, 0.1) is 12.2 Å². The van der Waals surface area contributed by atoms with Crippen molar-refractivity contribution in [3.63, 3.8) is 0 Å². The van der Waals surface area contributed by atoms with Crippen molar-refractivity contribution < 1.29 is 27.5 Å². The van der Waals surface area contributed by atoms with E-state index in [0.717, 1.165) is 36.1 Å². The molecular weight excluding hydrogens is 443 g/mol. The van der Waals surface area contributed by atoms with Crippen molar-refractivity contribution in [3.05, 3.63) is 70.8 Å². The minimum absolute atomic E-state index is 0.205. The molecule has 4 nitrogen and oxygen atoms in total. The number of hydrogen-bond donors (Lipinski definition) is 0. The van der Waals surface area contributed by atoms with Crippen LogP contribution in [0.2, 0.25) is 0 Å². The standard InChI is InChI=1S/C27H32F3NO3/c1-3-5-6-7-8-9-10-22-11-13-23(14-12-22)19-31(34-21-26(32)33-4-2)20-24-15-17-25(18-16-24)27(28,29)30/h11-18H,3-8,19-21H2,1-2H3. The number of rotatable bonds is 12. The average molecular weight is 476 g/mol. The molecule has 0 radical (unpaired) electrons. The third-order valence-corrected chi connectivity index (χ3v) is 5.01. The van der Waals surface area contributed by atoms with Gasteiger partial charge in [-0.05, 0) is 48.7 Å². The number of nitrogens with zero attached hydrogens (tertiary/aromatic N) is 1. The number of halogens is 3. The van der Waals surface area contributed by atoms with Crippen molar-refractivity contribution in [2.24, 2.45) is 0 Å². The van der Waals surface area contributed by atoms with Gasteiger partial charge >= 0.3 is 12.1 Å². The van der Waals surface area contributed by atoms with Crippen LogP contribution < -0.4 is 0 Å². The molecule has 0 N–H and O–H groups in total. The maximum Gasteiger partial charge on any atom is 0.416 e. The van der Waals surface area contributed by atoms with Crippen LogP contribution in [0.5, 0.6) is 0 Å². The highest BCUT2D eigenvalue weighted by Gasteiger charge is 2.30. The van der Waals surface area contributed by atoms with E-state index in [1.165, 1.54) is 36.5 Å². The van der Waals surface area contributed by atoms with E-state index in [1.54, 1.807) is 6.92 Å². The fraction of sp³-hybridized carbons (Fsp3) is 0.444. The van der Waals surface area contributed by atoms with Crippen LogP contribution in [-0.4, -0.2) is 24.2 Å². The van der Waals surface area contributed by atoms with E-state index >= 15 is 0 Å². The van der Waals surface area contributed by atoms with Gasteiger partial charge in [0.15, 0.2) is 6.61 Å². The Kier molecular flexibility index (Phi) is 11.7.